The van der Waals surface area contributed by atoms with E-state index in [-0.39, 0.29) is 24.0 Å². The number of aromatic nitrogens is 3. The Kier molecular flexibility index (Phi) is 6.81. The lowest BCUT2D eigenvalue weighted by atomic mass is 10.1. The highest BCUT2D eigenvalue weighted by Gasteiger charge is 2.18. The van der Waals surface area contributed by atoms with E-state index >= 15 is 0 Å². The molecule has 4 aromatic rings. The average Bonchev–Trinajstić information content (AvgIpc) is 3.43. The minimum atomic E-state index is -0.374. The first-order valence-corrected chi connectivity index (χ1v) is 11.1. The third kappa shape index (κ3) is 5.53. The van der Waals surface area contributed by atoms with Gasteiger partial charge in [0.15, 0.2) is 11.0 Å². The van der Waals surface area contributed by atoms with E-state index in [4.69, 9.17) is 4.42 Å². The van der Waals surface area contributed by atoms with E-state index in [1.165, 1.54) is 11.8 Å². The first-order valence-electron chi connectivity index (χ1n) is 10.1. The maximum atomic E-state index is 12.3. The van der Waals surface area contributed by atoms with Crippen LogP contribution in [0.5, 0.6) is 0 Å². The number of rotatable bonds is 8. The van der Waals surface area contributed by atoms with Crippen LogP contribution in [-0.2, 0) is 22.6 Å². The van der Waals surface area contributed by atoms with Gasteiger partial charge in [0.2, 0.25) is 11.8 Å². The van der Waals surface area contributed by atoms with Crippen LogP contribution in [0.3, 0.4) is 0 Å². The summed E-state index contributed by atoms with van der Waals surface area (Å²) in [6.07, 6.45) is 1.77. The quantitative estimate of drug-likeness (QED) is 0.413. The molecule has 0 radical (unpaired) electrons. The van der Waals surface area contributed by atoms with E-state index in [0.29, 0.717) is 17.5 Å². The molecule has 0 fully saturated rings. The summed E-state index contributed by atoms with van der Waals surface area (Å²) >= 11 is 1.23. The minimum absolute atomic E-state index is 0.0463. The molecule has 0 atom stereocenters. The second-order valence-electron chi connectivity index (χ2n) is 7.26. The van der Waals surface area contributed by atoms with Crippen LogP contribution >= 0.6 is 11.8 Å². The van der Waals surface area contributed by atoms with Gasteiger partial charge in [-0.1, -0.05) is 65.9 Å². The number of aryl methyl sites for hydroxylation is 1. The zero-order chi connectivity index (χ0) is 22.3. The highest BCUT2D eigenvalue weighted by Crippen LogP contribution is 2.26. The molecule has 32 heavy (non-hydrogen) atoms. The SMILES string of the molecule is Cc1cccc(-c2nnc(SCC(=O)NC(=O)Cc3ccccc3)n2Cc2ccco2)c1. The molecule has 8 heteroatoms. The van der Waals surface area contributed by atoms with Gasteiger partial charge in [0.25, 0.3) is 0 Å². The zero-order valence-electron chi connectivity index (χ0n) is 17.5. The first-order chi connectivity index (χ1) is 15.6. The normalized spacial score (nSPS) is 10.8. The molecule has 2 amide bonds. The highest BCUT2D eigenvalue weighted by atomic mass is 32.2. The Balaban J connectivity index is 1.45. The molecular weight excluding hydrogens is 424 g/mol. The molecule has 7 nitrogen and oxygen atoms in total. The lowest BCUT2D eigenvalue weighted by molar-refractivity contribution is -0.128. The maximum absolute atomic E-state index is 12.3. The zero-order valence-corrected chi connectivity index (χ0v) is 18.3. The second-order valence-corrected chi connectivity index (χ2v) is 8.21. The summed E-state index contributed by atoms with van der Waals surface area (Å²) < 4.78 is 7.42. The predicted molar refractivity (Wildman–Crippen MR) is 122 cm³/mol. The van der Waals surface area contributed by atoms with Crippen molar-refractivity contribution in [3.8, 4) is 11.4 Å². The van der Waals surface area contributed by atoms with Crippen LogP contribution in [-0.4, -0.2) is 32.3 Å². The van der Waals surface area contributed by atoms with Gasteiger partial charge in [-0.15, -0.1) is 10.2 Å². The summed E-state index contributed by atoms with van der Waals surface area (Å²) in [5, 5.41) is 11.7. The van der Waals surface area contributed by atoms with Crippen molar-refractivity contribution in [1.82, 2.24) is 20.1 Å². The number of hydrogen-bond acceptors (Lipinski definition) is 6. The Hall–Kier alpha value is -3.65. The number of nitrogens with one attached hydrogen (secondary N) is 1. The summed E-state index contributed by atoms with van der Waals surface area (Å²) in [6.45, 7) is 2.45. The van der Waals surface area contributed by atoms with Gasteiger partial charge in [0.1, 0.15) is 5.76 Å². The van der Waals surface area contributed by atoms with E-state index in [2.05, 4.69) is 15.5 Å². The molecule has 4 rings (SSSR count). The molecule has 0 bridgehead atoms. The van der Waals surface area contributed by atoms with Crippen LogP contribution in [0.4, 0.5) is 0 Å². The average molecular weight is 447 g/mol. The van der Waals surface area contributed by atoms with Gasteiger partial charge in [0.05, 0.1) is 25.0 Å². The fourth-order valence-electron chi connectivity index (χ4n) is 3.24. The number of furan rings is 1. The van der Waals surface area contributed by atoms with E-state index in [0.717, 1.165) is 22.5 Å². The van der Waals surface area contributed by atoms with Crippen molar-refractivity contribution in [3.05, 3.63) is 89.9 Å². The van der Waals surface area contributed by atoms with E-state index in [9.17, 15) is 9.59 Å². The summed E-state index contributed by atoms with van der Waals surface area (Å²) in [4.78, 5) is 24.5. The van der Waals surface area contributed by atoms with Gasteiger partial charge in [-0.3, -0.25) is 19.5 Å². The fourth-order valence-corrected chi connectivity index (χ4v) is 3.98. The molecule has 162 valence electrons. The third-order valence-corrected chi connectivity index (χ3v) is 5.67. The molecule has 0 aliphatic rings. The van der Waals surface area contributed by atoms with Crippen LogP contribution in [0.15, 0.2) is 82.6 Å². The number of carbonyl (C=O) groups is 2. The number of thioether (sulfide) groups is 1. The van der Waals surface area contributed by atoms with Crippen LogP contribution in [0.2, 0.25) is 0 Å². The van der Waals surface area contributed by atoms with Crippen molar-refractivity contribution in [1.29, 1.82) is 0 Å². The molecule has 2 aromatic heterocycles. The van der Waals surface area contributed by atoms with Crippen molar-refractivity contribution in [2.45, 2.75) is 25.0 Å². The lowest BCUT2D eigenvalue weighted by Crippen LogP contribution is -2.33. The summed E-state index contributed by atoms with van der Waals surface area (Å²) in [5.74, 6) is 0.779. The lowest BCUT2D eigenvalue weighted by Gasteiger charge is -2.09. The molecule has 0 unspecified atom stereocenters. The summed E-state index contributed by atoms with van der Waals surface area (Å²) in [5.41, 5.74) is 2.89. The highest BCUT2D eigenvalue weighted by molar-refractivity contribution is 7.99. The monoisotopic (exact) mass is 446 g/mol. The van der Waals surface area contributed by atoms with Crippen molar-refractivity contribution >= 4 is 23.6 Å². The fraction of sp³-hybridized carbons (Fsp3) is 0.167. The number of carbonyl (C=O) groups excluding carboxylic acids is 2. The second kappa shape index (κ2) is 10.1. The van der Waals surface area contributed by atoms with Crippen LogP contribution < -0.4 is 5.32 Å². The van der Waals surface area contributed by atoms with Crippen molar-refractivity contribution in [2.75, 3.05) is 5.75 Å². The molecule has 0 aliphatic carbocycles. The van der Waals surface area contributed by atoms with Gasteiger partial charge in [-0.05, 0) is 30.7 Å². The molecule has 0 aliphatic heterocycles. The van der Waals surface area contributed by atoms with Gasteiger partial charge in [0, 0.05) is 5.56 Å². The molecule has 1 N–H and O–H groups in total. The number of nitrogens with zero attached hydrogens (tertiary/aromatic N) is 3. The number of benzene rings is 2. The third-order valence-electron chi connectivity index (χ3n) is 4.71. The van der Waals surface area contributed by atoms with E-state index in [1.807, 2.05) is 78.2 Å². The van der Waals surface area contributed by atoms with Crippen LogP contribution in [0.25, 0.3) is 11.4 Å². The van der Waals surface area contributed by atoms with E-state index in [1.54, 1.807) is 6.26 Å². The number of imide groups is 1. The first kappa shape index (κ1) is 21.6. The van der Waals surface area contributed by atoms with Crippen LogP contribution in [0, 0.1) is 6.92 Å². The largest absolute Gasteiger partial charge is 0.467 e. The Morgan fingerprint density at radius 1 is 1.00 bits per heavy atom. The molecular formula is C24H22N4O3S. The smallest absolute Gasteiger partial charge is 0.237 e. The molecule has 2 aromatic carbocycles. The number of amides is 2. The van der Waals surface area contributed by atoms with Crippen molar-refractivity contribution in [3.63, 3.8) is 0 Å². The minimum Gasteiger partial charge on any atom is -0.467 e. The van der Waals surface area contributed by atoms with Gasteiger partial charge in [-0.2, -0.15) is 0 Å². The van der Waals surface area contributed by atoms with Gasteiger partial charge >= 0.3 is 0 Å². The Labute approximate surface area is 189 Å². The Morgan fingerprint density at radius 3 is 2.59 bits per heavy atom. The maximum Gasteiger partial charge on any atom is 0.237 e. The topological polar surface area (TPSA) is 90.0 Å². The molecule has 2 heterocycles. The number of hydrogen-bond donors (Lipinski definition) is 1. The van der Waals surface area contributed by atoms with E-state index < -0.39 is 0 Å². The molecule has 0 saturated carbocycles. The van der Waals surface area contributed by atoms with Gasteiger partial charge in [-0.25, -0.2) is 0 Å². The molecule has 0 spiro atoms. The van der Waals surface area contributed by atoms with Crippen molar-refractivity contribution < 1.29 is 14.0 Å². The predicted octanol–water partition coefficient (Wildman–Crippen LogP) is 3.87. The summed E-state index contributed by atoms with van der Waals surface area (Å²) in [6, 6.07) is 21.0. The Bertz CT molecular complexity index is 1200. The van der Waals surface area contributed by atoms with Crippen LogP contribution in [0.1, 0.15) is 16.9 Å². The van der Waals surface area contributed by atoms with Crippen molar-refractivity contribution in [2.24, 2.45) is 0 Å². The summed E-state index contributed by atoms with van der Waals surface area (Å²) in [7, 11) is 0. The Morgan fingerprint density at radius 2 is 1.84 bits per heavy atom. The standard InChI is InChI=1S/C24H22N4O3S/c1-17-7-5-10-19(13-17)23-26-27-24(28(23)15-20-11-6-12-31-20)32-16-22(30)25-21(29)14-18-8-3-2-4-9-18/h2-13H,14-16H2,1H3,(H,25,29,30). The van der Waals surface area contributed by atoms with Gasteiger partial charge < -0.3 is 4.42 Å². The molecule has 0 saturated heterocycles.